The van der Waals surface area contributed by atoms with Crippen molar-refractivity contribution in [1.82, 2.24) is 14.5 Å². The van der Waals surface area contributed by atoms with Gasteiger partial charge in [-0.3, -0.25) is 19.1 Å². The highest BCUT2D eigenvalue weighted by Crippen LogP contribution is 2.21. The molecule has 30 heavy (non-hydrogen) atoms. The third-order valence-electron chi connectivity index (χ3n) is 4.86. The number of ether oxygens (including phenoxy) is 1. The maximum absolute atomic E-state index is 13.6. The first-order valence-electron chi connectivity index (χ1n) is 9.70. The van der Waals surface area contributed by atoms with Gasteiger partial charge in [0.1, 0.15) is 5.69 Å². The fraction of sp³-hybridized carbons (Fsp3) is 0.304. The number of nitrogens with zero attached hydrogens (tertiary/aromatic N) is 2. The molecule has 2 heterocycles. The Labute approximate surface area is 174 Å². The van der Waals surface area contributed by atoms with Gasteiger partial charge in [-0.2, -0.15) is 0 Å². The average Bonchev–Trinajstić information content (AvgIpc) is 2.68. The van der Waals surface area contributed by atoms with E-state index in [2.05, 4.69) is 9.97 Å². The summed E-state index contributed by atoms with van der Waals surface area (Å²) in [5.41, 5.74) is 2.27. The molecule has 0 spiro atoms. The first kappa shape index (κ1) is 21.2. The summed E-state index contributed by atoms with van der Waals surface area (Å²) in [5, 5.41) is 0. The number of ketones is 1. The van der Waals surface area contributed by atoms with Gasteiger partial charge in [-0.15, -0.1) is 0 Å². The number of carbonyl (C=O) groups excluding carboxylic acids is 1. The molecule has 3 rings (SSSR count). The van der Waals surface area contributed by atoms with Gasteiger partial charge in [-0.05, 0) is 43.5 Å². The number of pyridine rings is 1. The molecule has 2 aromatic heterocycles. The number of aryl methyl sites for hydroxylation is 2. The van der Waals surface area contributed by atoms with Crippen LogP contribution in [0.15, 0.2) is 46.1 Å². The van der Waals surface area contributed by atoms with Crippen LogP contribution < -0.4 is 16.0 Å². The second kappa shape index (κ2) is 8.49. The summed E-state index contributed by atoms with van der Waals surface area (Å²) >= 11 is 0. The second-order valence-electron chi connectivity index (χ2n) is 7.67. The summed E-state index contributed by atoms with van der Waals surface area (Å²) in [4.78, 5) is 45.4. The number of hydrogen-bond donors (Lipinski definition) is 1. The van der Waals surface area contributed by atoms with Crippen molar-refractivity contribution in [2.24, 2.45) is 0 Å². The highest BCUT2D eigenvalue weighted by Gasteiger charge is 2.25. The maximum Gasteiger partial charge on any atom is 0.329 e. The number of nitrogens with one attached hydrogen (secondary N) is 1. The van der Waals surface area contributed by atoms with E-state index in [1.807, 2.05) is 33.8 Å². The Morgan fingerprint density at radius 2 is 1.80 bits per heavy atom. The molecule has 3 aromatic rings. The van der Waals surface area contributed by atoms with Crippen LogP contribution in [0.1, 0.15) is 58.1 Å². The lowest BCUT2D eigenvalue weighted by Gasteiger charge is -2.18. The molecule has 0 fully saturated rings. The first-order valence-corrected chi connectivity index (χ1v) is 9.70. The van der Waals surface area contributed by atoms with Gasteiger partial charge >= 0.3 is 5.69 Å². The molecule has 0 aliphatic carbocycles. The van der Waals surface area contributed by atoms with Crippen molar-refractivity contribution < 1.29 is 9.53 Å². The average molecular weight is 407 g/mol. The summed E-state index contributed by atoms with van der Waals surface area (Å²) in [7, 11) is 1.50. The van der Waals surface area contributed by atoms with Crippen LogP contribution in [0.25, 0.3) is 0 Å². The molecule has 0 aliphatic rings. The summed E-state index contributed by atoms with van der Waals surface area (Å²) in [5.74, 6) is -0.205. The van der Waals surface area contributed by atoms with Crippen molar-refractivity contribution in [3.05, 3.63) is 90.9 Å². The quantitative estimate of drug-likeness (QED) is 0.634. The fourth-order valence-corrected chi connectivity index (χ4v) is 3.60. The largest absolute Gasteiger partial charge is 0.481 e. The van der Waals surface area contributed by atoms with Crippen LogP contribution in [0.3, 0.4) is 0 Å². The maximum atomic E-state index is 13.6. The number of benzene rings is 1. The van der Waals surface area contributed by atoms with Gasteiger partial charge in [0.05, 0.1) is 13.7 Å². The fourth-order valence-electron chi connectivity index (χ4n) is 3.60. The van der Waals surface area contributed by atoms with Crippen molar-refractivity contribution in [1.29, 1.82) is 0 Å². The van der Waals surface area contributed by atoms with Crippen molar-refractivity contribution in [2.45, 2.75) is 40.2 Å². The minimum atomic E-state index is -0.632. The molecule has 0 bridgehead atoms. The monoisotopic (exact) mass is 407 g/mol. The molecule has 1 N–H and O–H groups in total. The second-order valence-corrected chi connectivity index (χ2v) is 7.67. The summed E-state index contributed by atoms with van der Waals surface area (Å²) in [6.07, 6.45) is 1.57. The van der Waals surface area contributed by atoms with E-state index in [-0.39, 0.29) is 23.9 Å². The number of aromatic amines is 1. The molecule has 0 atom stereocenters. The molecule has 0 unspecified atom stereocenters. The number of rotatable bonds is 6. The number of carbonyl (C=O) groups is 1. The molecule has 0 radical (unpaired) electrons. The number of hydrogen-bond acceptors (Lipinski definition) is 5. The smallest absolute Gasteiger partial charge is 0.329 e. The zero-order valence-electron chi connectivity index (χ0n) is 17.8. The predicted octanol–water partition coefficient (Wildman–Crippen LogP) is 2.96. The summed E-state index contributed by atoms with van der Waals surface area (Å²) in [6, 6.07) is 8.93. The first-order chi connectivity index (χ1) is 14.2. The topological polar surface area (TPSA) is 94.0 Å². The Hall–Kier alpha value is -3.48. The summed E-state index contributed by atoms with van der Waals surface area (Å²) < 4.78 is 6.48. The molecule has 0 saturated carbocycles. The van der Waals surface area contributed by atoms with Crippen LogP contribution in [-0.2, 0) is 6.54 Å². The lowest BCUT2D eigenvalue weighted by molar-refractivity contribution is 0.102. The van der Waals surface area contributed by atoms with Gasteiger partial charge in [0.15, 0.2) is 0 Å². The molecule has 0 saturated heterocycles. The third kappa shape index (κ3) is 4.25. The van der Waals surface area contributed by atoms with Crippen LogP contribution in [0.5, 0.6) is 5.88 Å². The van der Waals surface area contributed by atoms with Crippen LogP contribution in [0.4, 0.5) is 0 Å². The third-order valence-corrected chi connectivity index (χ3v) is 4.86. The Morgan fingerprint density at radius 3 is 2.40 bits per heavy atom. The lowest BCUT2D eigenvalue weighted by Crippen LogP contribution is -2.38. The predicted molar refractivity (Wildman–Crippen MR) is 115 cm³/mol. The number of H-pyrrole nitrogens is 1. The minimum Gasteiger partial charge on any atom is -0.481 e. The van der Waals surface area contributed by atoms with Gasteiger partial charge in [0.25, 0.3) is 5.56 Å². The summed E-state index contributed by atoms with van der Waals surface area (Å²) in [6.45, 7) is 7.56. The molecule has 0 aliphatic heterocycles. The van der Waals surface area contributed by atoms with E-state index in [9.17, 15) is 14.4 Å². The van der Waals surface area contributed by atoms with E-state index >= 15 is 0 Å². The highest BCUT2D eigenvalue weighted by molar-refractivity contribution is 6.09. The van der Waals surface area contributed by atoms with Gasteiger partial charge < -0.3 is 4.74 Å². The van der Waals surface area contributed by atoms with Gasteiger partial charge in [-0.25, -0.2) is 9.78 Å². The van der Waals surface area contributed by atoms with Crippen LogP contribution >= 0.6 is 0 Å². The number of aromatic nitrogens is 3. The molecule has 156 valence electrons. The van der Waals surface area contributed by atoms with Gasteiger partial charge in [-0.1, -0.05) is 31.0 Å². The van der Waals surface area contributed by atoms with E-state index in [1.54, 1.807) is 30.5 Å². The molecular formula is C23H25N3O4. The van der Waals surface area contributed by atoms with Crippen LogP contribution in [0.2, 0.25) is 0 Å². The van der Waals surface area contributed by atoms with Gasteiger partial charge in [0.2, 0.25) is 11.7 Å². The van der Waals surface area contributed by atoms with Crippen molar-refractivity contribution in [3.63, 3.8) is 0 Å². The van der Waals surface area contributed by atoms with Crippen molar-refractivity contribution in [2.75, 3.05) is 7.11 Å². The Bertz CT molecular complexity index is 1200. The van der Waals surface area contributed by atoms with Crippen molar-refractivity contribution >= 4 is 5.78 Å². The van der Waals surface area contributed by atoms with E-state index in [4.69, 9.17) is 4.74 Å². The standard InChI is InChI=1S/C23H25N3O4/c1-13(2)19-20(21(27)17-9-14(3)8-15(4)10-17)26(23(29)25-22(19)28)12-16-6-7-24-18(11-16)30-5/h6-11,13H,12H2,1-5H3,(H,25,28,29). The molecule has 7 nitrogen and oxygen atoms in total. The zero-order chi connectivity index (χ0) is 22.0. The zero-order valence-corrected chi connectivity index (χ0v) is 17.8. The highest BCUT2D eigenvalue weighted by atomic mass is 16.5. The molecule has 1 aromatic carbocycles. The van der Waals surface area contributed by atoms with E-state index in [0.717, 1.165) is 16.7 Å². The SMILES string of the molecule is COc1cc(Cn2c(C(=O)c3cc(C)cc(C)c3)c(C(C)C)c(=O)[nH]c2=O)ccn1. The lowest BCUT2D eigenvalue weighted by atomic mass is 9.95. The van der Waals surface area contributed by atoms with Crippen molar-refractivity contribution in [3.8, 4) is 5.88 Å². The van der Waals surface area contributed by atoms with Gasteiger partial charge in [0, 0.05) is 23.4 Å². The van der Waals surface area contributed by atoms with E-state index < -0.39 is 11.2 Å². The normalized spacial score (nSPS) is 11.0. The molecule has 7 heteroatoms. The molecule has 0 amide bonds. The Morgan fingerprint density at radius 1 is 1.13 bits per heavy atom. The van der Waals surface area contributed by atoms with E-state index in [0.29, 0.717) is 17.0 Å². The number of methoxy groups -OCH3 is 1. The Kier molecular flexibility index (Phi) is 6.01. The minimum absolute atomic E-state index is 0.0973. The van der Waals surface area contributed by atoms with Crippen LogP contribution in [0, 0.1) is 13.8 Å². The molecular weight excluding hydrogens is 382 g/mol. The van der Waals surface area contributed by atoms with E-state index in [1.165, 1.54) is 11.7 Å². The Balaban J connectivity index is 2.26. The van der Waals surface area contributed by atoms with Crippen LogP contribution in [-0.4, -0.2) is 27.4 Å².